The van der Waals surface area contributed by atoms with E-state index in [9.17, 15) is 19.8 Å². The van der Waals surface area contributed by atoms with Gasteiger partial charge in [0.05, 0.1) is 25.4 Å². The van der Waals surface area contributed by atoms with Crippen molar-refractivity contribution in [2.45, 2.75) is 103 Å². The molecule has 0 amide bonds. The van der Waals surface area contributed by atoms with Crippen LogP contribution in [0.25, 0.3) is 6.08 Å². The zero-order valence-electron chi connectivity index (χ0n) is 28.3. The number of aliphatic hydroxyl groups is 2. The molecule has 3 heterocycles. The normalized spacial score (nSPS) is 31.3. The summed E-state index contributed by atoms with van der Waals surface area (Å²) in [5.41, 5.74) is 1.78. The molecule has 0 aromatic carbocycles. The van der Waals surface area contributed by atoms with E-state index in [1.807, 2.05) is 71.1 Å². The van der Waals surface area contributed by atoms with Crippen LogP contribution in [-0.2, 0) is 28.5 Å². The van der Waals surface area contributed by atoms with Gasteiger partial charge in [-0.25, -0.2) is 9.78 Å². The second-order valence-electron chi connectivity index (χ2n) is 12.7. The van der Waals surface area contributed by atoms with Crippen molar-refractivity contribution in [2.75, 3.05) is 14.2 Å². The van der Waals surface area contributed by atoms with E-state index in [1.54, 1.807) is 26.4 Å². The summed E-state index contributed by atoms with van der Waals surface area (Å²) in [6, 6.07) is 0. The molecule has 1 aromatic rings. The molecular weight excluding hydrogens is 590 g/mol. The smallest absolute Gasteiger partial charge is 0.330 e. The molecule has 0 unspecified atom stereocenters. The highest BCUT2D eigenvalue weighted by Gasteiger charge is 2.57. The third-order valence-electron chi connectivity index (χ3n) is 8.95. The van der Waals surface area contributed by atoms with Crippen molar-refractivity contribution in [3.63, 3.8) is 0 Å². The lowest BCUT2D eigenvalue weighted by Crippen LogP contribution is -2.41. The Kier molecular flexibility index (Phi) is 13.7. The Morgan fingerprint density at radius 2 is 1.96 bits per heavy atom. The van der Waals surface area contributed by atoms with Crippen LogP contribution in [0.1, 0.15) is 71.9 Å². The number of aliphatic hydroxyl groups excluding tert-OH is 2. The summed E-state index contributed by atoms with van der Waals surface area (Å²) in [6.07, 6.45) is 14.0. The summed E-state index contributed by atoms with van der Waals surface area (Å²) in [4.78, 5) is 29.4. The molecule has 2 aliphatic rings. The number of methoxy groups -OCH3 is 2. The average molecular weight is 642 g/mol. The quantitative estimate of drug-likeness (QED) is 0.155. The van der Waals surface area contributed by atoms with Crippen LogP contribution in [0.15, 0.2) is 64.4 Å². The molecular formula is C36H51NO9. The van der Waals surface area contributed by atoms with Crippen LogP contribution in [0.3, 0.4) is 0 Å². The number of allylic oxidation sites excluding steroid dienone is 5. The second-order valence-corrected chi connectivity index (χ2v) is 12.7. The lowest BCUT2D eigenvalue weighted by molar-refractivity contribution is -0.150. The maximum absolute atomic E-state index is 13.1. The number of carbonyl (C=O) groups excluding carboxylic acids is 2. The monoisotopic (exact) mass is 641 g/mol. The van der Waals surface area contributed by atoms with Crippen molar-refractivity contribution in [2.24, 2.45) is 17.8 Å². The minimum atomic E-state index is -0.932. The first kappa shape index (κ1) is 37.2. The van der Waals surface area contributed by atoms with Crippen LogP contribution in [0.4, 0.5) is 0 Å². The van der Waals surface area contributed by atoms with E-state index in [-0.39, 0.29) is 42.7 Å². The predicted molar refractivity (Wildman–Crippen MR) is 174 cm³/mol. The molecule has 10 nitrogen and oxygen atoms in total. The third-order valence-corrected chi connectivity index (χ3v) is 8.95. The Hall–Kier alpha value is -3.31. The van der Waals surface area contributed by atoms with Gasteiger partial charge in [-0.1, -0.05) is 50.3 Å². The molecule has 0 spiro atoms. The second kappa shape index (κ2) is 17.0. The predicted octanol–water partition coefficient (Wildman–Crippen LogP) is 5.44. The van der Waals surface area contributed by atoms with Gasteiger partial charge < -0.3 is 33.6 Å². The lowest BCUT2D eigenvalue weighted by atomic mass is 9.85. The van der Waals surface area contributed by atoms with Crippen LogP contribution in [0, 0.1) is 24.7 Å². The summed E-state index contributed by atoms with van der Waals surface area (Å²) in [6.45, 7) is 11.4. The first-order valence-corrected chi connectivity index (χ1v) is 15.9. The first-order chi connectivity index (χ1) is 21.8. The van der Waals surface area contributed by atoms with Gasteiger partial charge in [-0.3, -0.25) is 4.79 Å². The number of rotatable bonds is 9. The van der Waals surface area contributed by atoms with E-state index in [0.29, 0.717) is 18.7 Å². The summed E-state index contributed by atoms with van der Waals surface area (Å²) in [5.74, 6) is -1.11. The number of hydrogen-bond acceptors (Lipinski definition) is 10. The SMILES string of the molecule is COC(=O)C[C@@H]1CC=CC(=O)O[C@H]([C@H](C)[C@@H](OC)/C(C)=C/C=C/C(C)=C\c2coc(C)n2)C[C@H](O)[C@@]2(C)O[C@@H]2C=C[C@@H](C)[C@H](O)C1. The molecule has 1 saturated heterocycles. The van der Waals surface area contributed by atoms with Crippen LogP contribution in [0.5, 0.6) is 0 Å². The molecule has 0 aliphatic carbocycles. The third kappa shape index (κ3) is 10.6. The molecule has 9 atom stereocenters. The number of esters is 2. The van der Waals surface area contributed by atoms with Crippen molar-refractivity contribution in [1.82, 2.24) is 4.98 Å². The number of carbonyl (C=O) groups is 2. The number of fused-ring (bicyclic) bond motifs is 1. The molecule has 2 N–H and O–H groups in total. The zero-order chi connectivity index (χ0) is 34.0. The highest BCUT2D eigenvalue weighted by atomic mass is 16.6. The van der Waals surface area contributed by atoms with Gasteiger partial charge in [0.25, 0.3) is 0 Å². The minimum Gasteiger partial charge on any atom is -0.469 e. The number of aryl methyl sites for hydroxylation is 1. The zero-order valence-corrected chi connectivity index (χ0v) is 28.3. The topological polar surface area (TPSA) is 141 Å². The van der Waals surface area contributed by atoms with Gasteiger partial charge in [-0.05, 0) is 56.8 Å². The van der Waals surface area contributed by atoms with Crippen molar-refractivity contribution in [1.29, 1.82) is 0 Å². The molecule has 0 saturated carbocycles. The van der Waals surface area contributed by atoms with Crippen molar-refractivity contribution in [3.05, 3.63) is 71.5 Å². The highest BCUT2D eigenvalue weighted by molar-refractivity contribution is 5.82. The van der Waals surface area contributed by atoms with Crippen LogP contribution < -0.4 is 0 Å². The van der Waals surface area contributed by atoms with Gasteiger partial charge in [-0.2, -0.15) is 0 Å². The minimum absolute atomic E-state index is 0.115. The van der Waals surface area contributed by atoms with Gasteiger partial charge in [0.15, 0.2) is 5.89 Å². The van der Waals surface area contributed by atoms with Crippen LogP contribution in [-0.4, -0.2) is 77.5 Å². The van der Waals surface area contributed by atoms with Gasteiger partial charge in [-0.15, -0.1) is 0 Å². The fourth-order valence-electron chi connectivity index (χ4n) is 5.83. The van der Waals surface area contributed by atoms with E-state index in [1.165, 1.54) is 13.2 Å². The lowest BCUT2D eigenvalue weighted by Gasteiger charge is -2.32. The van der Waals surface area contributed by atoms with Gasteiger partial charge in [0, 0.05) is 44.8 Å². The highest BCUT2D eigenvalue weighted by Crippen LogP contribution is 2.43. The molecule has 1 aromatic heterocycles. The molecule has 0 radical (unpaired) electrons. The first-order valence-electron chi connectivity index (χ1n) is 15.9. The number of epoxide rings is 1. The number of nitrogens with zero attached hydrogens (tertiary/aromatic N) is 1. The number of hydrogen-bond donors (Lipinski definition) is 2. The summed E-state index contributed by atoms with van der Waals surface area (Å²) in [7, 11) is 2.94. The van der Waals surface area contributed by atoms with Crippen molar-refractivity contribution >= 4 is 18.0 Å². The number of aromatic nitrogens is 1. The Bertz CT molecular complexity index is 1320. The molecule has 2 aliphatic heterocycles. The summed E-state index contributed by atoms with van der Waals surface area (Å²) in [5, 5.41) is 22.2. The van der Waals surface area contributed by atoms with Gasteiger partial charge >= 0.3 is 11.9 Å². The average Bonchev–Trinajstić information content (AvgIpc) is 3.51. The molecule has 46 heavy (non-hydrogen) atoms. The maximum atomic E-state index is 13.1. The largest absolute Gasteiger partial charge is 0.469 e. The standard InChI is InChI=1S/C36H51NO9/c1-22(17-28-21-44-26(5)37-28)11-9-12-24(3)35(43-8)25(4)30-20-31(39)36(6)32(46-36)16-15-23(2)29(38)18-27(19-34(41)42-7)13-10-14-33(40)45-30/h9-12,14-17,21,23,25,27,29-32,35,38-39H,13,18-20H2,1-8H3/b11-9+,14-10?,16-15?,22-17-,24-12+/t23-,25+,27-,29-,30+,31+,32-,35+,36-/m1/s1. The Balaban J connectivity index is 1.82. The molecule has 1 fully saturated rings. The fourth-order valence-corrected chi connectivity index (χ4v) is 5.83. The fraction of sp³-hybridized carbons (Fsp3) is 0.583. The molecule has 3 rings (SSSR count). The van der Waals surface area contributed by atoms with Gasteiger partial charge in [0.2, 0.25) is 0 Å². The Morgan fingerprint density at radius 3 is 2.61 bits per heavy atom. The number of cyclic esters (lactones) is 1. The van der Waals surface area contributed by atoms with E-state index < -0.39 is 36.0 Å². The van der Waals surface area contributed by atoms with E-state index in [2.05, 4.69) is 4.98 Å². The Labute approximate surface area is 272 Å². The van der Waals surface area contributed by atoms with Crippen LogP contribution in [0.2, 0.25) is 0 Å². The van der Waals surface area contributed by atoms with Crippen LogP contribution >= 0.6 is 0 Å². The summed E-state index contributed by atoms with van der Waals surface area (Å²) >= 11 is 0. The number of ether oxygens (including phenoxy) is 4. The number of oxazole rings is 1. The van der Waals surface area contributed by atoms with Crippen molar-refractivity contribution in [3.8, 4) is 0 Å². The van der Waals surface area contributed by atoms with Crippen molar-refractivity contribution < 1.29 is 43.2 Å². The molecule has 0 bridgehead atoms. The maximum Gasteiger partial charge on any atom is 0.330 e. The molecule has 254 valence electrons. The van der Waals surface area contributed by atoms with E-state index in [4.69, 9.17) is 23.4 Å². The van der Waals surface area contributed by atoms with E-state index in [0.717, 1.165) is 16.8 Å². The molecule has 10 heteroatoms. The van der Waals surface area contributed by atoms with Gasteiger partial charge in [0.1, 0.15) is 29.8 Å². The summed E-state index contributed by atoms with van der Waals surface area (Å²) < 4.78 is 27.9. The Morgan fingerprint density at radius 1 is 1.22 bits per heavy atom. The van der Waals surface area contributed by atoms with E-state index >= 15 is 0 Å².